The molecule has 0 spiro atoms. The van der Waals surface area contributed by atoms with Crippen molar-refractivity contribution in [2.75, 3.05) is 6.26 Å². The first-order chi connectivity index (χ1) is 6.20. The van der Waals surface area contributed by atoms with Crippen molar-refractivity contribution in [2.45, 2.75) is 27.2 Å². The summed E-state index contributed by atoms with van der Waals surface area (Å²) in [4.78, 5) is 1.38. The van der Waals surface area contributed by atoms with Crippen LogP contribution >= 0.6 is 23.1 Å². The van der Waals surface area contributed by atoms with E-state index in [1.165, 1.54) is 16.9 Å². The van der Waals surface area contributed by atoms with Gasteiger partial charge in [0.25, 0.3) is 0 Å². The summed E-state index contributed by atoms with van der Waals surface area (Å²) < 4.78 is 0. The number of rotatable bonds is 2. The van der Waals surface area contributed by atoms with Crippen molar-refractivity contribution in [2.24, 2.45) is 0 Å². The van der Waals surface area contributed by atoms with Gasteiger partial charge < -0.3 is 0 Å². The molecule has 0 fully saturated rings. The summed E-state index contributed by atoms with van der Waals surface area (Å²) in [5.74, 6) is 0. The first-order valence-corrected chi connectivity index (χ1v) is 6.56. The molecule has 0 aliphatic rings. The molecular formula is C11H18S2. The van der Waals surface area contributed by atoms with Gasteiger partial charge in [-0.05, 0) is 43.4 Å². The summed E-state index contributed by atoms with van der Waals surface area (Å²) >= 11 is 3.55. The van der Waals surface area contributed by atoms with Gasteiger partial charge in [0.2, 0.25) is 0 Å². The predicted molar refractivity (Wildman–Crippen MR) is 66.6 cm³/mol. The molecular weight excluding hydrogens is 196 g/mol. The van der Waals surface area contributed by atoms with Gasteiger partial charge in [0.05, 0.1) is 0 Å². The first kappa shape index (κ1) is 12.8. The van der Waals surface area contributed by atoms with Crippen molar-refractivity contribution >= 4 is 23.1 Å². The van der Waals surface area contributed by atoms with Crippen molar-refractivity contribution in [1.29, 1.82) is 0 Å². The van der Waals surface area contributed by atoms with Crippen molar-refractivity contribution < 1.29 is 0 Å². The van der Waals surface area contributed by atoms with Crippen LogP contribution in [0.2, 0.25) is 0 Å². The molecule has 1 heterocycles. The molecule has 74 valence electrons. The minimum absolute atomic E-state index is 1.18. The summed E-state index contributed by atoms with van der Waals surface area (Å²) in [6.45, 7) is 6.42. The van der Waals surface area contributed by atoms with Crippen molar-refractivity contribution in [1.82, 2.24) is 0 Å². The van der Waals surface area contributed by atoms with Crippen molar-refractivity contribution in [3.63, 3.8) is 0 Å². The molecule has 2 heteroatoms. The lowest BCUT2D eigenvalue weighted by atomic mass is 10.3. The SMILES string of the molecule is CC/C(C)=C/SC.Cc1cccs1. The highest BCUT2D eigenvalue weighted by atomic mass is 32.2. The molecule has 1 aromatic rings. The number of thioether (sulfide) groups is 1. The zero-order chi connectivity index (χ0) is 10.1. The Morgan fingerprint density at radius 1 is 1.62 bits per heavy atom. The second kappa shape index (κ2) is 8.39. The highest BCUT2D eigenvalue weighted by Gasteiger charge is 1.77. The summed E-state index contributed by atoms with van der Waals surface area (Å²) in [5.41, 5.74) is 1.47. The van der Waals surface area contributed by atoms with Crippen LogP contribution in [0.25, 0.3) is 0 Å². The Kier molecular flexibility index (Phi) is 8.26. The van der Waals surface area contributed by atoms with Crippen LogP contribution in [0.15, 0.2) is 28.5 Å². The maximum Gasteiger partial charge on any atom is 0.00141 e. The number of hydrogen-bond donors (Lipinski definition) is 0. The van der Waals surface area contributed by atoms with Crippen molar-refractivity contribution in [3.05, 3.63) is 33.4 Å². The molecule has 13 heavy (non-hydrogen) atoms. The van der Waals surface area contributed by atoms with E-state index in [2.05, 4.69) is 49.9 Å². The van der Waals surface area contributed by atoms with Gasteiger partial charge in [0, 0.05) is 4.88 Å². The third kappa shape index (κ3) is 8.13. The molecule has 1 rings (SSSR count). The van der Waals surface area contributed by atoms with Crippen LogP contribution in [0, 0.1) is 6.92 Å². The first-order valence-electron chi connectivity index (χ1n) is 4.39. The Balaban J connectivity index is 0.000000223. The summed E-state index contributed by atoms with van der Waals surface area (Å²) in [7, 11) is 0. The van der Waals surface area contributed by atoms with E-state index >= 15 is 0 Å². The Hall–Kier alpha value is -0.210. The summed E-state index contributed by atoms with van der Waals surface area (Å²) in [6, 6.07) is 4.16. The maximum atomic E-state index is 2.18. The second-order valence-corrected chi connectivity index (χ2v) is 4.64. The van der Waals surface area contributed by atoms with Crippen LogP contribution in [0.5, 0.6) is 0 Å². The van der Waals surface area contributed by atoms with E-state index in [0.29, 0.717) is 0 Å². The molecule has 0 nitrogen and oxygen atoms in total. The van der Waals surface area contributed by atoms with Gasteiger partial charge in [0.15, 0.2) is 0 Å². The average molecular weight is 214 g/mol. The lowest BCUT2D eigenvalue weighted by molar-refractivity contribution is 1.11. The number of aryl methyl sites for hydroxylation is 1. The maximum absolute atomic E-state index is 2.18. The summed E-state index contributed by atoms with van der Waals surface area (Å²) in [5, 5.41) is 4.26. The molecule has 0 aliphatic carbocycles. The Morgan fingerprint density at radius 2 is 2.31 bits per heavy atom. The smallest absolute Gasteiger partial charge is 0.00141 e. The predicted octanol–water partition coefficient (Wildman–Crippen LogP) is 4.72. The molecule has 0 radical (unpaired) electrons. The van der Waals surface area contributed by atoms with Crippen LogP contribution in [0.3, 0.4) is 0 Å². The molecule has 0 aliphatic heterocycles. The lowest BCUT2D eigenvalue weighted by Gasteiger charge is -1.88. The number of allylic oxidation sites excluding steroid dienone is 1. The highest BCUT2D eigenvalue weighted by Crippen LogP contribution is 2.04. The number of thiophene rings is 1. The van der Waals surface area contributed by atoms with E-state index in [-0.39, 0.29) is 0 Å². The number of hydrogen-bond acceptors (Lipinski definition) is 2. The van der Waals surface area contributed by atoms with Gasteiger partial charge in [-0.1, -0.05) is 18.6 Å². The van der Waals surface area contributed by atoms with E-state index in [0.717, 1.165) is 0 Å². The lowest BCUT2D eigenvalue weighted by Crippen LogP contribution is -1.64. The highest BCUT2D eigenvalue weighted by molar-refractivity contribution is 8.01. The zero-order valence-corrected chi connectivity index (χ0v) is 10.5. The largest absolute Gasteiger partial charge is 0.149 e. The van der Waals surface area contributed by atoms with E-state index in [4.69, 9.17) is 0 Å². The molecule has 0 N–H and O–H groups in total. The van der Waals surface area contributed by atoms with Crippen LogP contribution in [0.4, 0.5) is 0 Å². The quantitative estimate of drug-likeness (QED) is 0.686. The standard InChI is InChI=1S/C6H12S.C5H6S/c1-4-6(2)5-7-3;1-5-3-2-4-6-5/h5H,4H2,1-3H3;2-4H,1H3/b6-5+;. The van der Waals surface area contributed by atoms with Crippen LogP contribution < -0.4 is 0 Å². The van der Waals surface area contributed by atoms with Crippen LogP contribution in [-0.4, -0.2) is 6.26 Å². The minimum atomic E-state index is 1.18. The third-order valence-corrected chi connectivity index (χ3v) is 2.98. The summed E-state index contributed by atoms with van der Waals surface area (Å²) in [6.07, 6.45) is 3.26. The molecule has 0 saturated carbocycles. The third-order valence-electron chi connectivity index (χ3n) is 1.54. The van der Waals surface area contributed by atoms with E-state index in [1.54, 1.807) is 23.1 Å². The van der Waals surface area contributed by atoms with Crippen LogP contribution in [-0.2, 0) is 0 Å². The molecule has 0 saturated heterocycles. The van der Waals surface area contributed by atoms with E-state index in [1.807, 2.05) is 0 Å². The molecule has 0 bridgehead atoms. The van der Waals surface area contributed by atoms with Crippen LogP contribution in [0.1, 0.15) is 25.1 Å². The molecule has 0 aromatic carbocycles. The normalized spacial score (nSPS) is 10.6. The fourth-order valence-corrected chi connectivity index (χ4v) is 1.74. The second-order valence-electron chi connectivity index (χ2n) is 2.78. The van der Waals surface area contributed by atoms with Crippen molar-refractivity contribution in [3.8, 4) is 0 Å². The Bertz CT molecular complexity index is 222. The molecule has 1 aromatic heterocycles. The Morgan fingerprint density at radius 3 is 2.46 bits per heavy atom. The zero-order valence-electron chi connectivity index (χ0n) is 8.83. The van der Waals surface area contributed by atoms with Gasteiger partial charge in [-0.15, -0.1) is 23.1 Å². The van der Waals surface area contributed by atoms with E-state index < -0.39 is 0 Å². The Labute approximate surface area is 90.1 Å². The average Bonchev–Trinajstić information content (AvgIpc) is 2.57. The molecule has 0 amide bonds. The van der Waals surface area contributed by atoms with Gasteiger partial charge in [-0.2, -0.15) is 0 Å². The van der Waals surface area contributed by atoms with Gasteiger partial charge in [-0.25, -0.2) is 0 Å². The monoisotopic (exact) mass is 214 g/mol. The molecule has 0 atom stereocenters. The fourth-order valence-electron chi connectivity index (χ4n) is 0.645. The van der Waals surface area contributed by atoms with Gasteiger partial charge in [0.1, 0.15) is 0 Å². The van der Waals surface area contributed by atoms with Gasteiger partial charge >= 0.3 is 0 Å². The minimum Gasteiger partial charge on any atom is -0.149 e. The topological polar surface area (TPSA) is 0 Å². The molecule has 0 unspecified atom stereocenters. The van der Waals surface area contributed by atoms with E-state index in [9.17, 15) is 0 Å². The van der Waals surface area contributed by atoms with Gasteiger partial charge in [-0.3, -0.25) is 0 Å². The fraction of sp³-hybridized carbons (Fsp3) is 0.455.